The number of carbonyl (C=O) groups is 1. The van der Waals surface area contributed by atoms with Gasteiger partial charge in [-0.3, -0.25) is 4.79 Å². The maximum atomic E-state index is 11.1. The number of nitrogens with one attached hydrogen (secondary N) is 1. The van der Waals surface area contributed by atoms with Crippen LogP contribution in [-0.2, 0) is 4.79 Å². The Kier molecular flexibility index (Phi) is 7.36. The number of rotatable bonds is 6. The van der Waals surface area contributed by atoms with Crippen LogP contribution in [0.1, 0.15) is 26.7 Å². The molecule has 3 heteroatoms. The summed E-state index contributed by atoms with van der Waals surface area (Å²) in [6, 6.07) is 0. The Morgan fingerprint density at radius 2 is 2.25 bits per heavy atom. The molecule has 2 nitrogen and oxygen atoms in total. The van der Waals surface area contributed by atoms with Crippen molar-refractivity contribution in [1.29, 1.82) is 0 Å². The molecule has 0 aromatic heterocycles. The average molecular weight is 189 g/mol. The molecule has 0 rings (SSSR count). The minimum atomic E-state index is 0.150. The van der Waals surface area contributed by atoms with Crippen LogP contribution in [0.5, 0.6) is 0 Å². The molecule has 0 fully saturated rings. The summed E-state index contributed by atoms with van der Waals surface area (Å²) in [6.45, 7) is 4.15. The summed E-state index contributed by atoms with van der Waals surface area (Å²) in [5.74, 6) is 2.42. The molecule has 1 N–H and O–H groups in total. The van der Waals surface area contributed by atoms with Gasteiger partial charge in [-0.25, -0.2) is 0 Å². The summed E-state index contributed by atoms with van der Waals surface area (Å²) in [5.41, 5.74) is 0. The number of unbranched alkanes of at least 4 members (excludes halogenated alkanes) is 1. The zero-order chi connectivity index (χ0) is 9.40. The highest BCUT2D eigenvalue weighted by Crippen LogP contribution is 2.10. The molecule has 0 aliphatic heterocycles. The van der Waals surface area contributed by atoms with E-state index in [9.17, 15) is 4.79 Å². The zero-order valence-electron chi connectivity index (χ0n) is 8.22. The third kappa shape index (κ3) is 5.47. The second-order valence-corrected chi connectivity index (χ2v) is 4.09. The number of carbonyl (C=O) groups excluding carboxylic acids is 1. The normalized spacial score (nSPS) is 12.6. The lowest BCUT2D eigenvalue weighted by molar-refractivity contribution is -0.123. The van der Waals surface area contributed by atoms with Gasteiger partial charge in [0.25, 0.3) is 0 Å². The van der Waals surface area contributed by atoms with Gasteiger partial charge in [-0.05, 0) is 12.2 Å². The number of thioether (sulfide) groups is 1. The van der Waals surface area contributed by atoms with Crippen LogP contribution in [0.3, 0.4) is 0 Å². The van der Waals surface area contributed by atoms with Crippen molar-refractivity contribution >= 4 is 17.7 Å². The predicted octanol–water partition coefficient (Wildman–Crippen LogP) is 1.90. The quantitative estimate of drug-likeness (QED) is 0.647. The topological polar surface area (TPSA) is 29.1 Å². The van der Waals surface area contributed by atoms with Crippen LogP contribution in [0.25, 0.3) is 0 Å². The average Bonchev–Trinajstić information content (AvgIpc) is 2.10. The van der Waals surface area contributed by atoms with Gasteiger partial charge < -0.3 is 5.32 Å². The second-order valence-electron chi connectivity index (χ2n) is 2.94. The molecular formula is C9H19NOS. The van der Waals surface area contributed by atoms with Gasteiger partial charge in [-0.2, -0.15) is 11.8 Å². The fraction of sp³-hybridized carbons (Fsp3) is 0.889. The fourth-order valence-corrected chi connectivity index (χ4v) is 1.99. The van der Waals surface area contributed by atoms with Gasteiger partial charge in [0.2, 0.25) is 5.91 Å². The van der Waals surface area contributed by atoms with E-state index in [2.05, 4.69) is 12.2 Å². The van der Waals surface area contributed by atoms with Crippen LogP contribution in [0.2, 0.25) is 0 Å². The predicted molar refractivity (Wildman–Crippen MR) is 55.5 cm³/mol. The highest BCUT2D eigenvalue weighted by molar-refractivity contribution is 7.99. The van der Waals surface area contributed by atoms with E-state index in [0.717, 1.165) is 5.75 Å². The maximum Gasteiger partial charge on any atom is 0.223 e. The Hall–Kier alpha value is -0.180. The highest BCUT2D eigenvalue weighted by atomic mass is 32.2. The van der Waals surface area contributed by atoms with Crippen LogP contribution >= 0.6 is 11.8 Å². The van der Waals surface area contributed by atoms with Crippen LogP contribution in [0.4, 0.5) is 0 Å². The van der Waals surface area contributed by atoms with Gasteiger partial charge in [0, 0.05) is 18.7 Å². The minimum Gasteiger partial charge on any atom is -0.359 e. The lowest BCUT2D eigenvalue weighted by Crippen LogP contribution is -2.26. The van der Waals surface area contributed by atoms with Crippen molar-refractivity contribution in [1.82, 2.24) is 5.32 Å². The maximum absolute atomic E-state index is 11.1. The van der Waals surface area contributed by atoms with Crippen LogP contribution in [-0.4, -0.2) is 24.5 Å². The summed E-state index contributed by atoms with van der Waals surface area (Å²) < 4.78 is 0. The van der Waals surface area contributed by atoms with Crippen molar-refractivity contribution in [2.24, 2.45) is 5.92 Å². The van der Waals surface area contributed by atoms with E-state index in [0.29, 0.717) is 0 Å². The van der Waals surface area contributed by atoms with Crippen molar-refractivity contribution in [3.8, 4) is 0 Å². The second kappa shape index (κ2) is 7.47. The third-order valence-corrected chi connectivity index (χ3v) is 3.02. The Morgan fingerprint density at radius 3 is 2.75 bits per heavy atom. The first-order valence-electron chi connectivity index (χ1n) is 4.51. The van der Waals surface area contributed by atoms with E-state index < -0.39 is 0 Å². The van der Waals surface area contributed by atoms with Crippen molar-refractivity contribution in [2.45, 2.75) is 26.7 Å². The van der Waals surface area contributed by atoms with Crippen LogP contribution < -0.4 is 5.32 Å². The summed E-state index contributed by atoms with van der Waals surface area (Å²) in [4.78, 5) is 11.1. The summed E-state index contributed by atoms with van der Waals surface area (Å²) in [5, 5.41) is 2.65. The Balaban J connectivity index is 3.31. The van der Waals surface area contributed by atoms with Crippen molar-refractivity contribution in [3.63, 3.8) is 0 Å². The molecule has 1 unspecified atom stereocenters. The van der Waals surface area contributed by atoms with E-state index in [-0.39, 0.29) is 11.8 Å². The molecule has 1 atom stereocenters. The number of amides is 1. The molecule has 0 aromatic carbocycles. The van der Waals surface area contributed by atoms with Gasteiger partial charge in [0.15, 0.2) is 0 Å². The molecule has 0 aliphatic rings. The van der Waals surface area contributed by atoms with E-state index in [4.69, 9.17) is 0 Å². The lowest BCUT2D eigenvalue weighted by Gasteiger charge is -2.08. The SMILES string of the molecule is CCCCSCC(C)C(=O)NC. The van der Waals surface area contributed by atoms with E-state index in [1.165, 1.54) is 18.6 Å². The standard InChI is InChI=1S/C9H19NOS/c1-4-5-6-12-7-8(2)9(11)10-3/h8H,4-7H2,1-3H3,(H,10,11). The molecule has 0 heterocycles. The molecule has 0 aliphatic carbocycles. The first-order valence-corrected chi connectivity index (χ1v) is 5.67. The summed E-state index contributed by atoms with van der Waals surface area (Å²) >= 11 is 1.87. The number of hydrogen-bond acceptors (Lipinski definition) is 2. The van der Waals surface area contributed by atoms with Gasteiger partial charge in [-0.15, -0.1) is 0 Å². The number of hydrogen-bond donors (Lipinski definition) is 1. The first kappa shape index (κ1) is 11.8. The van der Waals surface area contributed by atoms with Crippen molar-refractivity contribution in [3.05, 3.63) is 0 Å². The molecule has 0 radical (unpaired) electrons. The molecular weight excluding hydrogens is 170 g/mol. The minimum absolute atomic E-state index is 0.150. The zero-order valence-corrected chi connectivity index (χ0v) is 9.04. The van der Waals surface area contributed by atoms with E-state index in [1.54, 1.807) is 7.05 Å². The first-order chi connectivity index (χ1) is 5.72. The van der Waals surface area contributed by atoms with E-state index >= 15 is 0 Å². The Labute approximate surface area is 79.5 Å². The monoisotopic (exact) mass is 189 g/mol. The molecule has 0 spiro atoms. The largest absolute Gasteiger partial charge is 0.359 e. The molecule has 0 aromatic rings. The van der Waals surface area contributed by atoms with E-state index in [1.807, 2.05) is 18.7 Å². The Morgan fingerprint density at radius 1 is 1.58 bits per heavy atom. The van der Waals surface area contributed by atoms with Crippen LogP contribution in [0, 0.1) is 5.92 Å². The fourth-order valence-electron chi connectivity index (χ4n) is 0.829. The van der Waals surface area contributed by atoms with Gasteiger partial charge in [-0.1, -0.05) is 20.3 Å². The third-order valence-electron chi connectivity index (χ3n) is 1.70. The molecule has 1 amide bonds. The molecule has 0 saturated heterocycles. The smallest absolute Gasteiger partial charge is 0.223 e. The van der Waals surface area contributed by atoms with Gasteiger partial charge in [0.05, 0.1) is 0 Å². The molecule has 12 heavy (non-hydrogen) atoms. The van der Waals surface area contributed by atoms with Gasteiger partial charge >= 0.3 is 0 Å². The van der Waals surface area contributed by atoms with Crippen molar-refractivity contribution < 1.29 is 4.79 Å². The van der Waals surface area contributed by atoms with Crippen LogP contribution in [0.15, 0.2) is 0 Å². The Bertz CT molecular complexity index is 128. The summed E-state index contributed by atoms with van der Waals surface area (Å²) in [6.07, 6.45) is 2.49. The molecule has 0 saturated carbocycles. The lowest BCUT2D eigenvalue weighted by atomic mass is 10.2. The molecule has 72 valence electrons. The molecule has 0 bridgehead atoms. The summed E-state index contributed by atoms with van der Waals surface area (Å²) in [7, 11) is 1.69. The van der Waals surface area contributed by atoms with Crippen molar-refractivity contribution in [2.75, 3.05) is 18.6 Å². The van der Waals surface area contributed by atoms with Gasteiger partial charge in [0.1, 0.15) is 0 Å². The highest BCUT2D eigenvalue weighted by Gasteiger charge is 2.09.